The molecule has 0 amide bonds. The van der Waals surface area contributed by atoms with E-state index in [1.165, 1.54) is 48.5 Å². The first-order chi connectivity index (χ1) is 13.0. The number of rotatable bonds is 5. The average Bonchev–Trinajstić information content (AvgIpc) is 2.66. The number of halogens is 2. The zero-order valence-electron chi connectivity index (χ0n) is 15.2. The van der Waals surface area contributed by atoms with Crippen LogP contribution in [0.5, 0.6) is 0 Å². The van der Waals surface area contributed by atoms with Crippen molar-refractivity contribution in [2.75, 3.05) is 19.6 Å². The van der Waals surface area contributed by atoms with Crippen LogP contribution in [0.25, 0.3) is 0 Å². The molecular weight excluding hydrogens is 350 g/mol. The fraction of sp³-hybridized carbons (Fsp3) is 0.333. The summed E-state index contributed by atoms with van der Waals surface area (Å²) >= 11 is 0. The van der Waals surface area contributed by atoms with E-state index in [0.29, 0.717) is 22.8 Å². The van der Waals surface area contributed by atoms with E-state index in [4.69, 9.17) is 4.84 Å². The van der Waals surface area contributed by atoms with Gasteiger partial charge in [0, 0.05) is 11.1 Å². The molecule has 0 aromatic heterocycles. The average molecular weight is 372 g/mol. The largest absolute Gasteiger partial charge is 0.348 e. The molecule has 0 radical (unpaired) electrons. The Kier molecular flexibility index (Phi) is 6.29. The van der Waals surface area contributed by atoms with E-state index in [-0.39, 0.29) is 18.2 Å². The molecule has 0 unspecified atom stereocenters. The summed E-state index contributed by atoms with van der Waals surface area (Å²) in [6.07, 6.45) is 2.12. The molecule has 27 heavy (non-hydrogen) atoms. The summed E-state index contributed by atoms with van der Waals surface area (Å²) in [7, 11) is 0. The van der Waals surface area contributed by atoms with E-state index in [1.54, 1.807) is 0 Å². The minimum absolute atomic E-state index is 0.177. The van der Waals surface area contributed by atoms with Crippen molar-refractivity contribution in [2.24, 2.45) is 11.1 Å². The Labute approximate surface area is 157 Å². The van der Waals surface area contributed by atoms with E-state index >= 15 is 0 Å². The van der Waals surface area contributed by atoms with Gasteiger partial charge in [0.15, 0.2) is 0 Å². The molecule has 4 nitrogen and oxygen atoms in total. The number of oxime groups is 1. The van der Waals surface area contributed by atoms with Gasteiger partial charge in [0.1, 0.15) is 17.3 Å². The van der Waals surface area contributed by atoms with E-state index in [0.717, 1.165) is 25.9 Å². The second kappa shape index (κ2) is 8.86. The van der Waals surface area contributed by atoms with Gasteiger partial charge in [-0.15, -0.1) is 0 Å². The van der Waals surface area contributed by atoms with Crippen LogP contribution < -0.4 is 0 Å². The number of hydrogen-bond acceptors (Lipinski definition) is 4. The van der Waals surface area contributed by atoms with Crippen LogP contribution >= 0.6 is 0 Å². The molecule has 0 bridgehead atoms. The van der Waals surface area contributed by atoms with Gasteiger partial charge >= 0.3 is 5.97 Å². The van der Waals surface area contributed by atoms with Gasteiger partial charge in [-0.05, 0) is 80.4 Å². The summed E-state index contributed by atoms with van der Waals surface area (Å²) in [4.78, 5) is 19.3. The van der Waals surface area contributed by atoms with Crippen LogP contribution in [0.1, 0.15) is 30.9 Å². The van der Waals surface area contributed by atoms with Crippen molar-refractivity contribution in [2.45, 2.75) is 19.8 Å². The highest BCUT2D eigenvalue weighted by Crippen LogP contribution is 2.16. The monoisotopic (exact) mass is 372 g/mol. The lowest BCUT2D eigenvalue weighted by Crippen LogP contribution is -2.37. The van der Waals surface area contributed by atoms with Crippen LogP contribution in [0.2, 0.25) is 0 Å². The third-order valence-corrected chi connectivity index (χ3v) is 4.70. The van der Waals surface area contributed by atoms with Crippen LogP contribution in [0.3, 0.4) is 0 Å². The van der Waals surface area contributed by atoms with Crippen molar-refractivity contribution in [1.29, 1.82) is 0 Å². The van der Waals surface area contributed by atoms with Gasteiger partial charge in [-0.2, -0.15) is 0 Å². The molecule has 3 rings (SSSR count). The Balaban J connectivity index is 1.74. The topological polar surface area (TPSA) is 41.9 Å². The number of carbonyl (C=O) groups excluding carboxylic acids is 1. The second-order valence-electron chi connectivity index (χ2n) is 6.88. The Morgan fingerprint density at radius 3 is 1.96 bits per heavy atom. The molecule has 0 aliphatic carbocycles. The molecule has 0 spiro atoms. The highest BCUT2D eigenvalue weighted by Gasteiger charge is 2.19. The Bertz CT molecular complexity index is 748. The Morgan fingerprint density at radius 2 is 1.48 bits per heavy atom. The lowest BCUT2D eigenvalue weighted by molar-refractivity contribution is -0.145. The predicted octanol–water partition coefficient (Wildman–Crippen LogP) is 3.99. The molecule has 1 aliphatic heterocycles. The first-order valence-corrected chi connectivity index (χ1v) is 9.03. The maximum absolute atomic E-state index is 13.2. The second-order valence-corrected chi connectivity index (χ2v) is 6.88. The molecule has 6 heteroatoms. The van der Waals surface area contributed by atoms with Gasteiger partial charge in [-0.25, -0.2) is 13.6 Å². The summed E-state index contributed by atoms with van der Waals surface area (Å²) in [5, 5.41) is 4.00. The summed E-state index contributed by atoms with van der Waals surface area (Å²) in [5.41, 5.74) is 1.49. The normalized spacial score (nSPS) is 15.4. The molecule has 2 aromatic carbocycles. The van der Waals surface area contributed by atoms with Gasteiger partial charge in [0.25, 0.3) is 0 Å². The van der Waals surface area contributed by atoms with Crippen molar-refractivity contribution in [1.82, 2.24) is 4.90 Å². The van der Waals surface area contributed by atoms with E-state index in [2.05, 4.69) is 12.1 Å². The maximum Gasteiger partial charge on any atom is 0.348 e. The lowest BCUT2D eigenvalue weighted by Gasteiger charge is -2.28. The van der Waals surface area contributed by atoms with E-state index in [9.17, 15) is 13.6 Å². The Morgan fingerprint density at radius 1 is 1.00 bits per heavy atom. The third-order valence-electron chi connectivity index (χ3n) is 4.70. The molecule has 142 valence electrons. The fourth-order valence-corrected chi connectivity index (χ4v) is 3.02. The Hall–Kier alpha value is -2.60. The molecular formula is C21H22F2N2O2. The summed E-state index contributed by atoms with van der Waals surface area (Å²) in [6, 6.07) is 11.3. The summed E-state index contributed by atoms with van der Waals surface area (Å²) in [6.45, 7) is 4.11. The summed E-state index contributed by atoms with van der Waals surface area (Å²) < 4.78 is 26.5. The van der Waals surface area contributed by atoms with Crippen LogP contribution in [-0.4, -0.2) is 36.2 Å². The predicted molar refractivity (Wildman–Crippen MR) is 99.4 cm³/mol. The summed E-state index contributed by atoms with van der Waals surface area (Å²) in [5.74, 6) is -0.535. The number of nitrogens with zero attached hydrogens (tertiary/aromatic N) is 2. The van der Waals surface area contributed by atoms with Crippen LogP contribution in [-0.2, 0) is 9.63 Å². The van der Waals surface area contributed by atoms with Crippen molar-refractivity contribution in [3.05, 3.63) is 71.3 Å². The molecule has 0 saturated carbocycles. The molecule has 1 fully saturated rings. The van der Waals surface area contributed by atoms with Crippen molar-refractivity contribution < 1.29 is 18.4 Å². The van der Waals surface area contributed by atoms with Gasteiger partial charge in [0.05, 0.1) is 6.54 Å². The fourth-order valence-electron chi connectivity index (χ4n) is 3.02. The lowest BCUT2D eigenvalue weighted by atomic mass is 9.99. The maximum atomic E-state index is 13.2. The first-order valence-electron chi connectivity index (χ1n) is 9.03. The highest BCUT2D eigenvalue weighted by molar-refractivity contribution is 6.12. The zero-order chi connectivity index (χ0) is 19.2. The first kappa shape index (κ1) is 19.2. The minimum Gasteiger partial charge on any atom is -0.316 e. The smallest absolute Gasteiger partial charge is 0.316 e. The van der Waals surface area contributed by atoms with Crippen molar-refractivity contribution >= 4 is 11.7 Å². The quantitative estimate of drug-likeness (QED) is 0.453. The standard InChI is InChI=1S/C21H22F2N2O2/c1-15-10-12-25(13-11-15)14-20(26)27-24-21(16-2-6-18(22)7-3-16)17-4-8-19(23)9-5-17/h2-9,15H,10-14H2,1H3. The van der Waals surface area contributed by atoms with Gasteiger partial charge in [-0.3, -0.25) is 4.90 Å². The van der Waals surface area contributed by atoms with Gasteiger partial charge in [-0.1, -0.05) is 12.1 Å². The van der Waals surface area contributed by atoms with Crippen LogP contribution in [0.4, 0.5) is 8.78 Å². The number of hydrogen-bond donors (Lipinski definition) is 0. The van der Waals surface area contributed by atoms with Crippen molar-refractivity contribution in [3.63, 3.8) is 0 Å². The number of piperidine rings is 1. The molecule has 0 atom stereocenters. The number of carbonyl (C=O) groups is 1. The zero-order valence-corrected chi connectivity index (χ0v) is 15.2. The molecule has 2 aromatic rings. The van der Waals surface area contributed by atoms with Crippen LogP contribution in [0, 0.1) is 17.6 Å². The highest BCUT2D eigenvalue weighted by atomic mass is 19.1. The molecule has 1 saturated heterocycles. The van der Waals surface area contributed by atoms with Crippen LogP contribution in [0.15, 0.2) is 53.7 Å². The van der Waals surface area contributed by atoms with Gasteiger partial charge in [0.2, 0.25) is 0 Å². The van der Waals surface area contributed by atoms with E-state index in [1.807, 2.05) is 4.90 Å². The SMILES string of the molecule is CC1CCN(CC(=O)ON=C(c2ccc(F)cc2)c2ccc(F)cc2)CC1. The molecule has 1 heterocycles. The molecule has 1 aliphatic rings. The number of benzene rings is 2. The third kappa shape index (κ3) is 5.44. The van der Waals surface area contributed by atoms with E-state index < -0.39 is 5.97 Å². The number of likely N-dealkylation sites (tertiary alicyclic amines) is 1. The minimum atomic E-state index is -0.453. The van der Waals surface area contributed by atoms with Gasteiger partial charge < -0.3 is 4.84 Å². The van der Waals surface area contributed by atoms with Crippen molar-refractivity contribution in [3.8, 4) is 0 Å². The molecule has 0 N–H and O–H groups in total.